The number of carbonyl (C=O) groups is 1. The van der Waals surface area contributed by atoms with Gasteiger partial charge in [0.05, 0.1) is 21.8 Å². The number of nitrogens with zero attached hydrogens (tertiary/aromatic N) is 3. The van der Waals surface area contributed by atoms with E-state index >= 15 is 0 Å². The second-order valence-electron chi connectivity index (χ2n) is 5.05. The van der Waals surface area contributed by atoms with Crippen LogP contribution in [-0.2, 0) is 17.9 Å². The molecule has 0 saturated carbocycles. The van der Waals surface area contributed by atoms with E-state index < -0.39 is 5.97 Å². The fraction of sp³-hybridized carbons (Fsp3) is 0.692. The lowest BCUT2D eigenvalue weighted by molar-refractivity contribution is -0.143. The Morgan fingerprint density at radius 2 is 2.11 bits per heavy atom. The third-order valence-corrected chi connectivity index (χ3v) is 4.79. The van der Waals surface area contributed by atoms with Crippen molar-refractivity contribution in [2.75, 3.05) is 13.1 Å². The SMILES string of the molecule is CCn1nc(C)c(Br)c1CN1CCC(C(=O)O)CC1. The van der Waals surface area contributed by atoms with Gasteiger partial charge < -0.3 is 5.11 Å². The molecule has 1 saturated heterocycles. The number of hydrogen-bond donors (Lipinski definition) is 1. The van der Waals surface area contributed by atoms with Crippen LogP contribution in [0.2, 0.25) is 0 Å². The van der Waals surface area contributed by atoms with Crippen molar-refractivity contribution < 1.29 is 9.90 Å². The van der Waals surface area contributed by atoms with Gasteiger partial charge in [-0.2, -0.15) is 5.10 Å². The van der Waals surface area contributed by atoms with Crippen molar-refractivity contribution in [2.24, 2.45) is 5.92 Å². The maximum atomic E-state index is 10.9. The van der Waals surface area contributed by atoms with Crippen molar-refractivity contribution in [3.05, 3.63) is 15.9 Å². The lowest BCUT2D eigenvalue weighted by Gasteiger charge is -2.30. The third-order valence-electron chi connectivity index (χ3n) is 3.76. The lowest BCUT2D eigenvalue weighted by Crippen LogP contribution is -2.36. The van der Waals surface area contributed by atoms with Gasteiger partial charge in [-0.15, -0.1) is 0 Å². The average molecular weight is 330 g/mol. The van der Waals surface area contributed by atoms with E-state index in [9.17, 15) is 4.79 Å². The van der Waals surface area contributed by atoms with Crippen LogP contribution in [0.25, 0.3) is 0 Å². The minimum Gasteiger partial charge on any atom is -0.481 e. The van der Waals surface area contributed by atoms with Crippen LogP contribution in [0.15, 0.2) is 4.47 Å². The molecule has 0 atom stereocenters. The number of aliphatic carboxylic acids is 1. The van der Waals surface area contributed by atoms with Gasteiger partial charge in [0.15, 0.2) is 0 Å². The molecular formula is C13H20BrN3O2. The zero-order valence-electron chi connectivity index (χ0n) is 11.4. The number of halogens is 1. The third kappa shape index (κ3) is 3.17. The summed E-state index contributed by atoms with van der Waals surface area (Å²) in [5.74, 6) is -0.826. The molecule has 0 aliphatic carbocycles. The Bertz CT molecular complexity index is 465. The Labute approximate surface area is 121 Å². The quantitative estimate of drug-likeness (QED) is 0.920. The van der Waals surface area contributed by atoms with Gasteiger partial charge in [-0.25, -0.2) is 0 Å². The summed E-state index contributed by atoms with van der Waals surface area (Å²) >= 11 is 3.60. The smallest absolute Gasteiger partial charge is 0.306 e. The molecule has 6 heteroatoms. The van der Waals surface area contributed by atoms with Crippen LogP contribution in [-0.4, -0.2) is 38.8 Å². The predicted molar refractivity (Wildman–Crippen MR) is 76.0 cm³/mol. The minimum absolute atomic E-state index is 0.169. The van der Waals surface area contributed by atoms with Crippen LogP contribution in [0.5, 0.6) is 0 Å². The van der Waals surface area contributed by atoms with Crippen molar-refractivity contribution >= 4 is 21.9 Å². The molecule has 0 bridgehead atoms. The maximum absolute atomic E-state index is 10.9. The van der Waals surface area contributed by atoms with Crippen molar-refractivity contribution in [3.63, 3.8) is 0 Å². The number of aromatic nitrogens is 2. The highest BCUT2D eigenvalue weighted by Crippen LogP contribution is 2.25. The molecular weight excluding hydrogens is 310 g/mol. The average Bonchev–Trinajstić information content (AvgIpc) is 2.67. The van der Waals surface area contributed by atoms with E-state index in [1.165, 1.54) is 5.69 Å². The van der Waals surface area contributed by atoms with Gasteiger partial charge in [0.2, 0.25) is 0 Å². The molecule has 2 heterocycles. The summed E-state index contributed by atoms with van der Waals surface area (Å²) < 4.78 is 3.10. The minimum atomic E-state index is -0.657. The number of likely N-dealkylation sites (tertiary alicyclic amines) is 1. The molecule has 0 spiro atoms. The summed E-state index contributed by atoms with van der Waals surface area (Å²) in [6, 6.07) is 0. The number of carboxylic acid groups (broad SMARTS) is 1. The zero-order valence-corrected chi connectivity index (χ0v) is 13.0. The van der Waals surface area contributed by atoms with Crippen molar-refractivity contribution in [3.8, 4) is 0 Å². The van der Waals surface area contributed by atoms with Gasteiger partial charge in [-0.1, -0.05) is 0 Å². The van der Waals surface area contributed by atoms with E-state index in [4.69, 9.17) is 5.11 Å². The number of aryl methyl sites for hydroxylation is 2. The first kappa shape index (κ1) is 14.5. The van der Waals surface area contributed by atoms with Crippen LogP contribution in [0.4, 0.5) is 0 Å². The van der Waals surface area contributed by atoms with Crippen LogP contribution in [0.1, 0.15) is 31.2 Å². The Hall–Kier alpha value is -0.880. The van der Waals surface area contributed by atoms with Crippen LogP contribution in [0, 0.1) is 12.8 Å². The summed E-state index contributed by atoms with van der Waals surface area (Å²) in [5, 5.41) is 13.5. The molecule has 0 radical (unpaired) electrons. The van der Waals surface area contributed by atoms with Gasteiger partial charge in [0.25, 0.3) is 0 Å². The van der Waals surface area contributed by atoms with Crippen LogP contribution < -0.4 is 0 Å². The standard InChI is InChI=1S/C13H20BrN3O2/c1-3-17-11(12(14)9(2)15-17)8-16-6-4-10(5-7-16)13(18)19/h10H,3-8H2,1-2H3,(H,18,19). The van der Waals surface area contributed by atoms with Gasteiger partial charge >= 0.3 is 5.97 Å². The Morgan fingerprint density at radius 3 is 2.63 bits per heavy atom. The monoisotopic (exact) mass is 329 g/mol. The van der Waals surface area contributed by atoms with E-state index in [1.807, 2.05) is 11.6 Å². The van der Waals surface area contributed by atoms with Gasteiger partial charge in [-0.05, 0) is 55.7 Å². The second-order valence-corrected chi connectivity index (χ2v) is 5.84. The molecule has 2 rings (SSSR count). The Morgan fingerprint density at radius 1 is 1.47 bits per heavy atom. The fourth-order valence-corrected chi connectivity index (χ4v) is 2.98. The number of piperidine rings is 1. The number of rotatable bonds is 4. The molecule has 1 aromatic heterocycles. The highest BCUT2D eigenvalue weighted by Gasteiger charge is 2.25. The molecule has 1 fully saturated rings. The van der Waals surface area contributed by atoms with E-state index in [0.29, 0.717) is 0 Å². The van der Waals surface area contributed by atoms with Gasteiger partial charge in [-0.3, -0.25) is 14.4 Å². The van der Waals surface area contributed by atoms with Gasteiger partial charge in [0, 0.05) is 13.1 Å². The van der Waals surface area contributed by atoms with Crippen LogP contribution in [0.3, 0.4) is 0 Å². The molecule has 0 amide bonds. The van der Waals surface area contributed by atoms with Crippen molar-refractivity contribution in [1.82, 2.24) is 14.7 Å². The molecule has 19 heavy (non-hydrogen) atoms. The highest BCUT2D eigenvalue weighted by atomic mass is 79.9. The predicted octanol–water partition coefficient (Wildman–Crippen LogP) is 2.27. The Kier molecular flexibility index (Phi) is 4.62. The summed E-state index contributed by atoms with van der Waals surface area (Å²) in [5.41, 5.74) is 2.20. The largest absolute Gasteiger partial charge is 0.481 e. The summed E-state index contributed by atoms with van der Waals surface area (Å²) in [4.78, 5) is 13.2. The Balaban J connectivity index is 2.01. The first-order valence-corrected chi connectivity index (χ1v) is 7.49. The van der Waals surface area contributed by atoms with Gasteiger partial charge in [0.1, 0.15) is 0 Å². The van der Waals surface area contributed by atoms with E-state index in [2.05, 4.69) is 32.9 Å². The van der Waals surface area contributed by atoms with E-state index in [-0.39, 0.29) is 5.92 Å². The fourth-order valence-electron chi connectivity index (χ4n) is 2.57. The molecule has 0 unspecified atom stereocenters. The van der Waals surface area contributed by atoms with Crippen molar-refractivity contribution in [2.45, 2.75) is 39.8 Å². The molecule has 5 nitrogen and oxygen atoms in total. The van der Waals surface area contributed by atoms with Crippen molar-refractivity contribution in [1.29, 1.82) is 0 Å². The zero-order chi connectivity index (χ0) is 14.0. The maximum Gasteiger partial charge on any atom is 0.306 e. The van der Waals surface area contributed by atoms with Crippen LogP contribution >= 0.6 is 15.9 Å². The molecule has 1 N–H and O–H groups in total. The number of carboxylic acids is 1. The number of hydrogen-bond acceptors (Lipinski definition) is 3. The summed E-state index contributed by atoms with van der Waals surface area (Å²) in [6.45, 7) is 7.46. The molecule has 1 aliphatic heterocycles. The molecule has 1 aliphatic rings. The first-order valence-electron chi connectivity index (χ1n) is 6.69. The van der Waals surface area contributed by atoms with E-state index in [0.717, 1.165) is 49.2 Å². The summed E-state index contributed by atoms with van der Waals surface area (Å²) in [6.07, 6.45) is 1.48. The lowest BCUT2D eigenvalue weighted by atomic mass is 9.97. The topological polar surface area (TPSA) is 58.4 Å². The summed E-state index contributed by atoms with van der Waals surface area (Å²) in [7, 11) is 0. The second kappa shape index (κ2) is 6.05. The molecule has 1 aromatic rings. The van der Waals surface area contributed by atoms with E-state index in [1.54, 1.807) is 0 Å². The first-order chi connectivity index (χ1) is 9.02. The molecule has 106 valence electrons. The normalized spacial score (nSPS) is 17.8. The molecule has 0 aromatic carbocycles. The highest BCUT2D eigenvalue weighted by molar-refractivity contribution is 9.10.